The average molecular weight is 227 g/mol. The van der Waals surface area contributed by atoms with E-state index in [1.165, 1.54) is 0 Å². The van der Waals surface area contributed by atoms with Crippen LogP contribution in [0.5, 0.6) is 0 Å². The van der Waals surface area contributed by atoms with Crippen LogP contribution in [-0.2, 0) is 4.79 Å². The Morgan fingerprint density at radius 1 is 1.38 bits per heavy atom. The molecule has 4 nitrogen and oxygen atoms in total. The molecule has 1 atom stereocenters. The molecule has 1 rings (SSSR count). The van der Waals surface area contributed by atoms with Gasteiger partial charge in [-0.1, -0.05) is 13.8 Å². The molecule has 1 aliphatic heterocycles. The Morgan fingerprint density at radius 2 is 2.00 bits per heavy atom. The maximum atomic E-state index is 12.0. The normalized spacial score (nSPS) is 21.3. The summed E-state index contributed by atoms with van der Waals surface area (Å²) in [5, 5.41) is 0. The van der Waals surface area contributed by atoms with Gasteiger partial charge in [-0.05, 0) is 19.3 Å². The van der Waals surface area contributed by atoms with Crippen LogP contribution in [0.3, 0.4) is 0 Å². The van der Waals surface area contributed by atoms with Gasteiger partial charge in [-0.25, -0.2) is 0 Å². The van der Waals surface area contributed by atoms with Gasteiger partial charge in [0.2, 0.25) is 5.91 Å². The summed E-state index contributed by atoms with van der Waals surface area (Å²) in [5.74, 6) is 0.262. The summed E-state index contributed by atoms with van der Waals surface area (Å²) < 4.78 is 0. The predicted molar refractivity (Wildman–Crippen MR) is 66.2 cm³/mol. The molecule has 0 aliphatic carbocycles. The number of nitrogens with zero attached hydrogens (tertiary/aromatic N) is 2. The van der Waals surface area contributed by atoms with Crippen molar-refractivity contribution in [2.45, 2.75) is 39.2 Å². The van der Waals surface area contributed by atoms with Crippen molar-refractivity contribution in [2.75, 3.05) is 32.7 Å². The minimum Gasteiger partial charge on any atom is -0.342 e. The van der Waals surface area contributed by atoms with Gasteiger partial charge in [0.15, 0.2) is 0 Å². The van der Waals surface area contributed by atoms with Crippen molar-refractivity contribution in [3.63, 3.8) is 0 Å². The van der Waals surface area contributed by atoms with Crippen LogP contribution >= 0.6 is 0 Å². The zero-order valence-electron chi connectivity index (χ0n) is 10.6. The Morgan fingerprint density at radius 3 is 2.44 bits per heavy atom. The van der Waals surface area contributed by atoms with Crippen LogP contribution in [0.15, 0.2) is 0 Å². The largest absolute Gasteiger partial charge is 0.342 e. The molecule has 1 saturated heterocycles. The highest BCUT2D eigenvalue weighted by molar-refractivity contribution is 5.78. The van der Waals surface area contributed by atoms with Gasteiger partial charge >= 0.3 is 0 Å². The second kappa shape index (κ2) is 6.86. The molecule has 1 fully saturated rings. The number of nitrogens with two attached hydrogens (primary N) is 1. The second-order valence-corrected chi connectivity index (χ2v) is 4.66. The maximum Gasteiger partial charge on any atom is 0.236 e. The molecule has 4 heteroatoms. The van der Waals surface area contributed by atoms with E-state index < -0.39 is 0 Å². The van der Waals surface area contributed by atoms with E-state index in [9.17, 15) is 4.79 Å². The molecule has 0 aromatic rings. The fourth-order valence-electron chi connectivity index (χ4n) is 2.20. The molecule has 0 saturated carbocycles. The standard InChI is InChI=1S/C12H25N3O/c1-3-6-15(7-4-2)12(16)10-14-8-5-11(13)9-14/h11H,3-10,13H2,1-2H3/t11-/m1/s1. The number of carbonyl (C=O) groups excluding carboxylic acids is 1. The van der Waals surface area contributed by atoms with E-state index in [0.29, 0.717) is 6.54 Å². The van der Waals surface area contributed by atoms with Crippen LogP contribution < -0.4 is 5.73 Å². The summed E-state index contributed by atoms with van der Waals surface area (Å²) in [7, 11) is 0. The molecular formula is C12H25N3O. The molecule has 2 N–H and O–H groups in total. The average Bonchev–Trinajstić information content (AvgIpc) is 2.63. The number of carbonyl (C=O) groups is 1. The molecule has 1 heterocycles. The van der Waals surface area contributed by atoms with E-state index in [0.717, 1.165) is 45.4 Å². The van der Waals surface area contributed by atoms with E-state index in [4.69, 9.17) is 5.73 Å². The summed E-state index contributed by atoms with van der Waals surface area (Å²) in [4.78, 5) is 16.2. The lowest BCUT2D eigenvalue weighted by molar-refractivity contribution is -0.132. The summed E-state index contributed by atoms with van der Waals surface area (Å²) in [5.41, 5.74) is 5.83. The lowest BCUT2D eigenvalue weighted by atomic mass is 10.3. The third-order valence-corrected chi connectivity index (χ3v) is 3.01. The number of amides is 1. The zero-order valence-corrected chi connectivity index (χ0v) is 10.6. The summed E-state index contributed by atoms with van der Waals surface area (Å²) in [6, 6.07) is 0.263. The summed E-state index contributed by atoms with van der Waals surface area (Å²) in [6.07, 6.45) is 3.09. The van der Waals surface area contributed by atoms with Crippen molar-refractivity contribution in [3.05, 3.63) is 0 Å². The predicted octanol–water partition coefficient (Wildman–Crippen LogP) is 0.668. The van der Waals surface area contributed by atoms with E-state index in [-0.39, 0.29) is 11.9 Å². The van der Waals surface area contributed by atoms with Crippen molar-refractivity contribution < 1.29 is 4.79 Å². The van der Waals surface area contributed by atoms with Gasteiger partial charge < -0.3 is 10.6 Å². The van der Waals surface area contributed by atoms with Gasteiger partial charge in [0, 0.05) is 32.2 Å². The third kappa shape index (κ3) is 4.10. The highest BCUT2D eigenvalue weighted by Crippen LogP contribution is 2.07. The quantitative estimate of drug-likeness (QED) is 0.725. The number of hydrogen-bond donors (Lipinski definition) is 1. The number of rotatable bonds is 6. The maximum absolute atomic E-state index is 12.0. The molecule has 0 aromatic heterocycles. The van der Waals surface area contributed by atoms with Gasteiger partial charge in [0.05, 0.1) is 6.54 Å². The molecule has 0 aromatic carbocycles. The fourth-order valence-corrected chi connectivity index (χ4v) is 2.20. The summed E-state index contributed by atoms with van der Waals surface area (Å²) in [6.45, 7) is 8.38. The molecule has 0 bridgehead atoms. The van der Waals surface area contributed by atoms with Crippen LogP contribution in [0, 0.1) is 0 Å². The van der Waals surface area contributed by atoms with Crippen LogP contribution in [0.1, 0.15) is 33.1 Å². The van der Waals surface area contributed by atoms with Crippen molar-refractivity contribution in [2.24, 2.45) is 5.73 Å². The molecular weight excluding hydrogens is 202 g/mol. The molecule has 0 radical (unpaired) electrons. The first kappa shape index (κ1) is 13.5. The molecule has 94 valence electrons. The minimum atomic E-state index is 0.262. The highest BCUT2D eigenvalue weighted by atomic mass is 16.2. The van der Waals surface area contributed by atoms with Gasteiger partial charge in [-0.3, -0.25) is 9.69 Å². The summed E-state index contributed by atoms with van der Waals surface area (Å²) >= 11 is 0. The first-order valence-corrected chi connectivity index (χ1v) is 6.43. The first-order valence-electron chi connectivity index (χ1n) is 6.43. The third-order valence-electron chi connectivity index (χ3n) is 3.01. The number of hydrogen-bond acceptors (Lipinski definition) is 3. The Bertz CT molecular complexity index is 214. The van der Waals surface area contributed by atoms with Crippen molar-refractivity contribution in [1.82, 2.24) is 9.80 Å². The van der Waals surface area contributed by atoms with E-state index >= 15 is 0 Å². The Hall–Kier alpha value is -0.610. The molecule has 1 aliphatic rings. The fraction of sp³-hybridized carbons (Fsp3) is 0.917. The van der Waals surface area contributed by atoms with Gasteiger partial charge in [-0.15, -0.1) is 0 Å². The monoisotopic (exact) mass is 227 g/mol. The Kier molecular flexibility index (Phi) is 5.77. The Balaban J connectivity index is 2.36. The molecule has 16 heavy (non-hydrogen) atoms. The first-order chi connectivity index (χ1) is 7.67. The van der Waals surface area contributed by atoms with Crippen LogP contribution in [0.2, 0.25) is 0 Å². The molecule has 0 spiro atoms. The smallest absolute Gasteiger partial charge is 0.236 e. The minimum absolute atomic E-state index is 0.262. The second-order valence-electron chi connectivity index (χ2n) is 4.66. The highest BCUT2D eigenvalue weighted by Gasteiger charge is 2.22. The van der Waals surface area contributed by atoms with Gasteiger partial charge in [-0.2, -0.15) is 0 Å². The zero-order chi connectivity index (χ0) is 12.0. The number of likely N-dealkylation sites (tertiary alicyclic amines) is 1. The van der Waals surface area contributed by atoms with Crippen molar-refractivity contribution >= 4 is 5.91 Å². The van der Waals surface area contributed by atoms with Gasteiger partial charge in [0.25, 0.3) is 0 Å². The van der Waals surface area contributed by atoms with E-state index in [1.54, 1.807) is 0 Å². The topological polar surface area (TPSA) is 49.6 Å². The lowest BCUT2D eigenvalue weighted by Crippen LogP contribution is -2.41. The van der Waals surface area contributed by atoms with Crippen molar-refractivity contribution in [3.8, 4) is 0 Å². The SMILES string of the molecule is CCCN(CCC)C(=O)CN1CC[C@@H](N)C1. The van der Waals surface area contributed by atoms with Crippen LogP contribution in [-0.4, -0.2) is 54.5 Å². The van der Waals surface area contributed by atoms with E-state index in [2.05, 4.69) is 18.7 Å². The van der Waals surface area contributed by atoms with Crippen LogP contribution in [0.25, 0.3) is 0 Å². The van der Waals surface area contributed by atoms with E-state index in [1.807, 2.05) is 4.90 Å². The molecule has 0 unspecified atom stereocenters. The van der Waals surface area contributed by atoms with Crippen LogP contribution in [0.4, 0.5) is 0 Å². The van der Waals surface area contributed by atoms with Gasteiger partial charge in [0.1, 0.15) is 0 Å². The lowest BCUT2D eigenvalue weighted by Gasteiger charge is -2.24. The molecule has 1 amide bonds. The Labute approximate surface area is 98.8 Å². The van der Waals surface area contributed by atoms with Crippen molar-refractivity contribution in [1.29, 1.82) is 0 Å².